The molecule has 1 aliphatic heterocycles. The van der Waals surface area contributed by atoms with Crippen molar-refractivity contribution < 1.29 is 14.3 Å². The molecule has 0 fully saturated rings. The monoisotopic (exact) mass is 309 g/mol. The molecule has 0 saturated heterocycles. The number of para-hydroxylation sites is 1. The Bertz CT molecular complexity index is 901. The van der Waals surface area contributed by atoms with E-state index in [0.29, 0.717) is 30.4 Å². The summed E-state index contributed by atoms with van der Waals surface area (Å²) in [6, 6.07) is 12.7. The van der Waals surface area contributed by atoms with Gasteiger partial charge in [0.05, 0.1) is 11.2 Å². The number of nitrogens with zero attached hydrogens (tertiary/aromatic N) is 2. The zero-order chi connectivity index (χ0) is 15.8. The van der Waals surface area contributed by atoms with Crippen LogP contribution in [-0.2, 0) is 0 Å². The summed E-state index contributed by atoms with van der Waals surface area (Å²) < 4.78 is 12.4. The molecule has 6 nitrogen and oxygen atoms in total. The normalized spacial score (nSPS) is 13.1. The summed E-state index contributed by atoms with van der Waals surface area (Å²) in [6.45, 7) is 2.93. The van der Waals surface area contributed by atoms with E-state index in [1.54, 1.807) is 18.2 Å². The fourth-order valence-electron chi connectivity index (χ4n) is 2.67. The van der Waals surface area contributed by atoms with Crippen molar-refractivity contribution in [1.82, 2.24) is 9.78 Å². The number of carbonyl (C=O) groups excluding carboxylic acids is 1. The highest BCUT2D eigenvalue weighted by molar-refractivity contribution is 5.98. The van der Waals surface area contributed by atoms with E-state index >= 15 is 0 Å². The lowest BCUT2D eigenvalue weighted by molar-refractivity contribution is 0.171. The van der Waals surface area contributed by atoms with Gasteiger partial charge >= 0.3 is 6.03 Å². The molecule has 0 spiro atoms. The Morgan fingerprint density at radius 3 is 2.78 bits per heavy atom. The van der Waals surface area contributed by atoms with Gasteiger partial charge in [-0.05, 0) is 25.1 Å². The van der Waals surface area contributed by atoms with Gasteiger partial charge in [0.2, 0.25) is 0 Å². The first-order chi connectivity index (χ1) is 11.2. The first kappa shape index (κ1) is 13.6. The maximum Gasteiger partial charge on any atom is 0.347 e. The van der Waals surface area contributed by atoms with Gasteiger partial charge in [-0.15, -0.1) is 0 Å². The molecule has 0 aliphatic carbocycles. The molecule has 0 unspecified atom stereocenters. The number of aromatic nitrogens is 2. The number of fused-ring (bicyclic) bond motifs is 2. The Morgan fingerprint density at radius 1 is 1.13 bits per heavy atom. The Balaban J connectivity index is 1.64. The second-order valence-corrected chi connectivity index (χ2v) is 5.30. The molecule has 23 heavy (non-hydrogen) atoms. The summed E-state index contributed by atoms with van der Waals surface area (Å²) in [5.74, 6) is 1.32. The summed E-state index contributed by atoms with van der Waals surface area (Å²) in [4.78, 5) is 12.5. The van der Waals surface area contributed by atoms with E-state index in [4.69, 9.17) is 9.47 Å². The molecule has 0 saturated carbocycles. The zero-order valence-corrected chi connectivity index (χ0v) is 12.6. The molecule has 1 aromatic heterocycles. The second-order valence-electron chi connectivity index (χ2n) is 5.30. The van der Waals surface area contributed by atoms with Gasteiger partial charge in [-0.2, -0.15) is 9.78 Å². The van der Waals surface area contributed by atoms with Crippen LogP contribution in [-0.4, -0.2) is 29.0 Å². The van der Waals surface area contributed by atoms with Crippen LogP contribution in [0.25, 0.3) is 10.9 Å². The molecule has 0 atom stereocenters. The number of anilines is 1. The van der Waals surface area contributed by atoms with Crippen molar-refractivity contribution in [3.63, 3.8) is 0 Å². The van der Waals surface area contributed by atoms with Crippen LogP contribution >= 0.6 is 0 Å². The predicted octanol–water partition coefficient (Wildman–Crippen LogP) is 3.20. The van der Waals surface area contributed by atoms with E-state index < -0.39 is 0 Å². The fourth-order valence-corrected chi connectivity index (χ4v) is 2.67. The topological polar surface area (TPSA) is 65.4 Å². The lowest BCUT2D eigenvalue weighted by Gasteiger charge is -2.19. The Hall–Kier alpha value is -3.02. The highest BCUT2D eigenvalue weighted by atomic mass is 16.6. The van der Waals surface area contributed by atoms with Gasteiger partial charge in [0, 0.05) is 17.1 Å². The fraction of sp³-hybridized carbons (Fsp3) is 0.176. The lowest BCUT2D eigenvalue weighted by atomic mass is 10.2. The first-order valence-corrected chi connectivity index (χ1v) is 7.38. The Kier molecular flexibility index (Phi) is 3.15. The van der Waals surface area contributed by atoms with Gasteiger partial charge in [-0.1, -0.05) is 18.2 Å². The Morgan fingerprint density at radius 2 is 1.91 bits per heavy atom. The van der Waals surface area contributed by atoms with E-state index in [-0.39, 0.29) is 6.03 Å². The third-order valence-corrected chi connectivity index (χ3v) is 3.76. The van der Waals surface area contributed by atoms with E-state index in [1.807, 2.05) is 31.2 Å². The van der Waals surface area contributed by atoms with Crippen LogP contribution in [0, 0.1) is 6.92 Å². The summed E-state index contributed by atoms with van der Waals surface area (Å²) in [7, 11) is 0. The number of nitrogens with one attached hydrogen (secondary N) is 1. The molecular weight excluding hydrogens is 294 g/mol. The average Bonchev–Trinajstić information content (AvgIpc) is 2.92. The van der Waals surface area contributed by atoms with Crippen molar-refractivity contribution in [1.29, 1.82) is 0 Å². The van der Waals surface area contributed by atoms with Gasteiger partial charge < -0.3 is 14.8 Å². The van der Waals surface area contributed by atoms with Gasteiger partial charge in [-0.3, -0.25) is 0 Å². The lowest BCUT2D eigenvalue weighted by Crippen LogP contribution is -2.21. The van der Waals surface area contributed by atoms with Crippen molar-refractivity contribution in [2.75, 3.05) is 18.5 Å². The van der Waals surface area contributed by atoms with Gasteiger partial charge in [-0.25, -0.2) is 4.79 Å². The van der Waals surface area contributed by atoms with Crippen LogP contribution in [0.4, 0.5) is 10.5 Å². The third-order valence-electron chi connectivity index (χ3n) is 3.76. The summed E-state index contributed by atoms with van der Waals surface area (Å²) in [5, 5.41) is 8.12. The highest BCUT2D eigenvalue weighted by Crippen LogP contribution is 2.32. The molecule has 0 bridgehead atoms. The summed E-state index contributed by atoms with van der Waals surface area (Å²) >= 11 is 0. The zero-order valence-electron chi connectivity index (χ0n) is 12.6. The van der Waals surface area contributed by atoms with E-state index in [2.05, 4.69) is 10.4 Å². The van der Waals surface area contributed by atoms with Gasteiger partial charge in [0.1, 0.15) is 13.2 Å². The quantitative estimate of drug-likeness (QED) is 0.749. The molecule has 116 valence electrons. The number of aryl methyl sites for hydroxylation is 1. The molecule has 4 rings (SSSR count). The predicted molar refractivity (Wildman–Crippen MR) is 86.3 cm³/mol. The van der Waals surface area contributed by atoms with Crippen LogP contribution in [0.3, 0.4) is 0 Å². The molecule has 2 aromatic carbocycles. The molecule has 3 aromatic rings. The smallest absolute Gasteiger partial charge is 0.347 e. The number of carbonyl (C=O) groups is 1. The minimum atomic E-state index is -0.314. The van der Waals surface area contributed by atoms with Gasteiger partial charge in [0.25, 0.3) is 0 Å². The largest absolute Gasteiger partial charge is 0.486 e. The van der Waals surface area contributed by atoms with Crippen LogP contribution < -0.4 is 14.8 Å². The van der Waals surface area contributed by atoms with E-state index in [1.165, 1.54) is 4.68 Å². The maximum absolute atomic E-state index is 12.5. The first-order valence-electron chi connectivity index (χ1n) is 7.38. The third kappa shape index (κ3) is 2.38. The Labute approximate surface area is 132 Å². The van der Waals surface area contributed by atoms with E-state index in [9.17, 15) is 4.79 Å². The highest BCUT2D eigenvalue weighted by Gasteiger charge is 2.16. The van der Waals surface area contributed by atoms with Crippen LogP contribution in [0.15, 0.2) is 42.5 Å². The van der Waals surface area contributed by atoms with Crippen LogP contribution in [0.1, 0.15) is 5.69 Å². The minimum absolute atomic E-state index is 0.314. The number of hydrogen-bond donors (Lipinski definition) is 1. The molecule has 0 radical (unpaired) electrons. The number of benzene rings is 2. The molecule has 1 amide bonds. The second kappa shape index (κ2) is 5.31. The van der Waals surface area contributed by atoms with Crippen molar-refractivity contribution >= 4 is 22.6 Å². The molecule has 1 aliphatic rings. The maximum atomic E-state index is 12.5. The number of amides is 1. The standard InChI is InChI=1S/C17H15N3O3/c1-11-13-4-2-3-5-14(13)20(19-11)17(21)18-12-6-7-15-16(10-12)23-9-8-22-15/h2-7,10H,8-9H2,1H3,(H,18,21). The average molecular weight is 309 g/mol. The van der Waals surface area contributed by atoms with Crippen molar-refractivity contribution in [3.8, 4) is 11.5 Å². The minimum Gasteiger partial charge on any atom is -0.486 e. The van der Waals surface area contributed by atoms with Gasteiger partial charge in [0.15, 0.2) is 11.5 Å². The molecule has 6 heteroatoms. The van der Waals surface area contributed by atoms with E-state index in [0.717, 1.165) is 16.6 Å². The summed E-state index contributed by atoms with van der Waals surface area (Å²) in [6.07, 6.45) is 0. The number of rotatable bonds is 1. The van der Waals surface area contributed by atoms with Crippen molar-refractivity contribution in [2.45, 2.75) is 6.92 Å². The van der Waals surface area contributed by atoms with Crippen molar-refractivity contribution in [2.24, 2.45) is 0 Å². The van der Waals surface area contributed by atoms with Crippen LogP contribution in [0.5, 0.6) is 11.5 Å². The molecule has 2 heterocycles. The van der Waals surface area contributed by atoms with Crippen LogP contribution in [0.2, 0.25) is 0 Å². The number of ether oxygens (including phenoxy) is 2. The summed E-state index contributed by atoms with van der Waals surface area (Å²) in [5.41, 5.74) is 2.23. The SMILES string of the molecule is Cc1nn(C(=O)Nc2ccc3c(c2)OCCO3)c2ccccc12. The number of hydrogen-bond acceptors (Lipinski definition) is 4. The molecular formula is C17H15N3O3. The molecule has 1 N–H and O–H groups in total. The van der Waals surface area contributed by atoms with Crippen molar-refractivity contribution in [3.05, 3.63) is 48.2 Å².